The molecule has 0 spiro atoms. The van der Waals surface area contributed by atoms with Crippen molar-refractivity contribution < 1.29 is 18.3 Å². The van der Waals surface area contributed by atoms with Gasteiger partial charge in [0.1, 0.15) is 6.04 Å². The van der Waals surface area contributed by atoms with Crippen LogP contribution in [0.3, 0.4) is 0 Å². The molecule has 3 unspecified atom stereocenters. The minimum absolute atomic E-state index is 0.127. The van der Waals surface area contributed by atoms with Crippen LogP contribution in [-0.4, -0.2) is 49.2 Å². The summed E-state index contributed by atoms with van der Waals surface area (Å²) in [6.45, 7) is 4.95. The van der Waals surface area contributed by atoms with Gasteiger partial charge in [-0.25, -0.2) is 8.78 Å². The first-order valence-corrected chi connectivity index (χ1v) is 8.10. The first-order chi connectivity index (χ1) is 11.3. The highest BCUT2D eigenvalue weighted by Gasteiger charge is 2.38. The van der Waals surface area contributed by atoms with Crippen LogP contribution in [0.2, 0.25) is 0 Å². The molecule has 24 heavy (non-hydrogen) atoms. The molecule has 1 amide bonds. The van der Waals surface area contributed by atoms with Gasteiger partial charge in [-0.2, -0.15) is 0 Å². The average Bonchev–Trinajstić information content (AvgIpc) is 2.94. The number of halogens is 2. The van der Waals surface area contributed by atoms with Gasteiger partial charge in [0.2, 0.25) is 5.91 Å². The van der Waals surface area contributed by atoms with Crippen molar-refractivity contribution in [1.29, 1.82) is 0 Å². The van der Waals surface area contributed by atoms with E-state index in [1.54, 1.807) is 6.07 Å². The molecule has 0 bridgehead atoms. The van der Waals surface area contributed by atoms with E-state index in [0.717, 1.165) is 12.6 Å². The quantitative estimate of drug-likeness (QED) is 0.824. The summed E-state index contributed by atoms with van der Waals surface area (Å²) >= 11 is 0. The van der Waals surface area contributed by atoms with E-state index >= 15 is 0 Å². The van der Waals surface area contributed by atoms with E-state index in [-0.39, 0.29) is 30.6 Å². The van der Waals surface area contributed by atoms with Crippen molar-refractivity contribution in [1.82, 2.24) is 10.2 Å². The Kier molecular flexibility index (Phi) is 6.26. The van der Waals surface area contributed by atoms with Crippen molar-refractivity contribution in [2.24, 2.45) is 5.73 Å². The molecule has 1 aliphatic heterocycles. The number of carbonyl (C=O) groups is 1. The van der Waals surface area contributed by atoms with Crippen LogP contribution < -0.4 is 11.1 Å². The monoisotopic (exact) mass is 341 g/mol. The Hall–Kier alpha value is -1.57. The van der Waals surface area contributed by atoms with Crippen molar-refractivity contribution in [2.75, 3.05) is 20.3 Å². The van der Waals surface area contributed by atoms with E-state index in [2.05, 4.69) is 10.2 Å². The van der Waals surface area contributed by atoms with Crippen LogP contribution in [0.15, 0.2) is 18.2 Å². The molecule has 1 saturated heterocycles. The summed E-state index contributed by atoms with van der Waals surface area (Å²) in [6, 6.07) is 2.90. The van der Waals surface area contributed by atoms with Crippen LogP contribution in [-0.2, 0) is 9.53 Å². The molecule has 1 aromatic rings. The number of rotatable bonds is 6. The van der Waals surface area contributed by atoms with Crippen LogP contribution >= 0.6 is 0 Å². The first-order valence-electron chi connectivity index (χ1n) is 8.10. The highest BCUT2D eigenvalue weighted by Crippen LogP contribution is 2.34. The molecule has 0 aromatic heterocycles. The fraction of sp³-hybridized carbons (Fsp3) is 0.588. The van der Waals surface area contributed by atoms with Crippen molar-refractivity contribution in [3.05, 3.63) is 35.4 Å². The molecule has 0 aliphatic carbocycles. The molecule has 3 atom stereocenters. The topological polar surface area (TPSA) is 67.6 Å². The lowest BCUT2D eigenvalue weighted by Gasteiger charge is -2.32. The molecule has 2 rings (SSSR count). The van der Waals surface area contributed by atoms with E-state index in [4.69, 9.17) is 10.5 Å². The average molecular weight is 341 g/mol. The number of hydrogen-bond acceptors (Lipinski definition) is 4. The summed E-state index contributed by atoms with van der Waals surface area (Å²) in [5.74, 6) is -2.07. The maximum Gasteiger partial charge on any atom is 0.239 e. The maximum atomic E-state index is 13.7. The number of hydrogen-bond donors (Lipinski definition) is 2. The zero-order valence-electron chi connectivity index (χ0n) is 14.3. The number of nitrogens with one attached hydrogen (secondary N) is 1. The maximum absolute atomic E-state index is 13.7. The molecule has 1 aromatic carbocycles. The summed E-state index contributed by atoms with van der Waals surface area (Å²) in [7, 11) is 1.48. The second kappa shape index (κ2) is 8.00. The first kappa shape index (κ1) is 18.8. The molecule has 7 heteroatoms. The number of likely N-dealkylation sites (tertiary alicyclic amines) is 1. The lowest BCUT2D eigenvalue weighted by Crippen LogP contribution is -2.49. The Morgan fingerprint density at radius 3 is 2.71 bits per heavy atom. The van der Waals surface area contributed by atoms with E-state index in [0.29, 0.717) is 12.0 Å². The molecule has 1 fully saturated rings. The minimum atomic E-state index is -0.885. The number of amides is 1. The highest BCUT2D eigenvalue weighted by molar-refractivity contribution is 5.82. The van der Waals surface area contributed by atoms with Crippen molar-refractivity contribution in [3.8, 4) is 0 Å². The summed E-state index contributed by atoms with van der Waals surface area (Å²) in [6.07, 6.45) is 0.716. The van der Waals surface area contributed by atoms with Crippen molar-refractivity contribution >= 4 is 5.91 Å². The van der Waals surface area contributed by atoms with Crippen LogP contribution in [0.4, 0.5) is 8.78 Å². The van der Waals surface area contributed by atoms with E-state index in [9.17, 15) is 13.6 Å². The van der Waals surface area contributed by atoms with Crippen LogP contribution in [0.5, 0.6) is 0 Å². The Balaban J connectivity index is 2.23. The van der Waals surface area contributed by atoms with E-state index in [1.807, 2.05) is 13.8 Å². The predicted molar refractivity (Wildman–Crippen MR) is 87.3 cm³/mol. The summed E-state index contributed by atoms with van der Waals surface area (Å²) in [4.78, 5) is 14.4. The SMILES string of the molecule is COCC(N)C(=O)NC1CCN(C(C)C)C1c1ccc(F)c(F)c1. The van der Waals surface area contributed by atoms with E-state index < -0.39 is 17.7 Å². The number of nitrogens with two attached hydrogens (primary N) is 1. The van der Waals surface area contributed by atoms with Gasteiger partial charge in [-0.3, -0.25) is 9.69 Å². The van der Waals surface area contributed by atoms with Gasteiger partial charge in [-0.15, -0.1) is 0 Å². The van der Waals surface area contributed by atoms with Gasteiger partial charge in [0.15, 0.2) is 11.6 Å². The fourth-order valence-electron chi connectivity index (χ4n) is 3.21. The number of nitrogens with zero attached hydrogens (tertiary/aromatic N) is 1. The number of carbonyl (C=O) groups excluding carboxylic acids is 1. The molecule has 3 N–H and O–H groups in total. The Morgan fingerprint density at radius 2 is 2.12 bits per heavy atom. The number of benzene rings is 1. The number of ether oxygens (including phenoxy) is 1. The van der Waals surface area contributed by atoms with E-state index in [1.165, 1.54) is 13.2 Å². The molecule has 134 valence electrons. The Morgan fingerprint density at radius 1 is 1.42 bits per heavy atom. The van der Waals surface area contributed by atoms with Gasteiger partial charge in [0.25, 0.3) is 0 Å². The van der Waals surface area contributed by atoms with Crippen LogP contribution in [0.25, 0.3) is 0 Å². The molecule has 0 saturated carbocycles. The van der Waals surface area contributed by atoms with Gasteiger partial charge in [-0.05, 0) is 38.0 Å². The molecular formula is C17H25F2N3O2. The van der Waals surface area contributed by atoms with Crippen LogP contribution in [0.1, 0.15) is 31.9 Å². The third kappa shape index (κ3) is 4.09. The van der Waals surface area contributed by atoms with Gasteiger partial charge >= 0.3 is 0 Å². The number of methoxy groups -OCH3 is 1. The zero-order chi connectivity index (χ0) is 17.9. The van der Waals surface area contributed by atoms with Gasteiger partial charge in [-0.1, -0.05) is 6.07 Å². The largest absolute Gasteiger partial charge is 0.383 e. The standard InChI is InChI=1S/C17H25F2N3O2/c1-10(2)22-7-6-15(21-17(23)14(20)9-24-3)16(22)11-4-5-12(18)13(19)8-11/h4-5,8,10,14-16H,6-7,9,20H2,1-3H3,(H,21,23). The Labute approximate surface area is 141 Å². The van der Waals surface area contributed by atoms with Gasteiger partial charge in [0, 0.05) is 25.7 Å². The third-order valence-corrected chi connectivity index (χ3v) is 4.40. The molecular weight excluding hydrogens is 316 g/mol. The summed E-state index contributed by atoms with van der Waals surface area (Å²) in [5, 5.41) is 2.93. The molecule has 0 radical (unpaired) electrons. The molecule has 5 nitrogen and oxygen atoms in total. The lowest BCUT2D eigenvalue weighted by atomic mass is 9.98. The Bertz CT molecular complexity index is 583. The highest BCUT2D eigenvalue weighted by atomic mass is 19.2. The molecule has 1 aliphatic rings. The lowest BCUT2D eigenvalue weighted by molar-refractivity contribution is -0.124. The third-order valence-electron chi connectivity index (χ3n) is 4.40. The van der Waals surface area contributed by atoms with Crippen LogP contribution in [0, 0.1) is 11.6 Å². The normalized spacial score (nSPS) is 22.8. The predicted octanol–water partition coefficient (Wildman–Crippen LogP) is 1.58. The smallest absolute Gasteiger partial charge is 0.239 e. The van der Waals surface area contributed by atoms with Crippen molar-refractivity contribution in [3.63, 3.8) is 0 Å². The zero-order valence-corrected chi connectivity index (χ0v) is 14.3. The molecule has 1 heterocycles. The minimum Gasteiger partial charge on any atom is -0.383 e. The second-order valence-electron chi connectivity index (χ2n) is 6.42. The second-order valence-corrected chi connectivity index (χ2v) is 6.42. The van der Waals surface area contributed by atoms with Crippen molar-refractivity contribution in [2.45, 2.75) is 44.4 Å². The fourth-order valence-corrected chi connectivity index (χ4v) is 3.21. The summed E-state index contributed by atoms with van der Waals surface area (Å²) < 4.78 is 31.8. The van der Waals surface area contributed by atoms with Gasteiger partial charge in [0.05, 0.1) is 12.6 Å². The van der Waals surface area contributed by atoms with Gasteiger partial charge < -0.3 is 15.8 Å². The summed E-state index contributed by atoms with van der Waals surface area (Å²) in [5.41, 5.74) is 6.41.